The molecule has 134 valence electrons. The van der Waals surface area contributed by atoms with Crippen LogP contribution in [0.4, 0.5) is 5.69 Å². The zero-order valence-corrected chi connectivity index (χ0v) is 16.4. The van der Waals surface area contributed by atoms with Gasteiger partial charge in [0.2, 0.25) is 0 Å². The Morgan fingerprint density at radius 2 is 1.52 bits per heavy atom. The zero-order valence-electron chi connectivity index (χ0n) is 16.4. The molecule has 0 aromatic heterocycles. The second-order valence-corrected chi connectivity index (χ2v) is 8.03. The molecule has 0 aliphatic rings. The van der Waals surface area contributed by atoms with Crippen molar-refractivity contribution in [3.63, 3.8) is 0 Å². The van der Waals surface area contributed by atoms with E-state index >= 15 is 0 Å². The Hall–Kier alpha value is -2.09. The van der Waals surface area contributed by atoms with Crippen LogP contribution in [0, 0.1) is 0 Å². The van der Waals surface area contributed by atoms with Gasteiger partial charge in [0.15, 0.2) is 0 Å². The van der Waals surface area contributed by atoms with E-state index in [0.29, 0.717) is 5.75 Å². The van der Waals surface area contributed by atoms with E-state index in [1.54, 1.807) is 6.21 Å². The second kappa shape index (κ2) is 7.43. The highest BCUT2D eigenvalue weighted by Crippen LogP contribution is 2.39. The van der Waals surface area contributed by atoms with Crippen LogP contribution in [0.15, 0.2) is 47.5 Å². The fourth-order valence-corrected chi connectivity index (χ4v) is 2.71. The first kappa shape index (κ1) is 19.2. The molecule has 2 heteroatoms. The van der Waals surface area contributed by atoms with E-state index < -0.39 is 0 Å². The van der Waals surface area contributed by atoms with Gasteiger partial charge in [0.25, 0.3) is 0 Å². The molecule has 0 unspecified atom stereocenters. The first-order valence-corrected chi connectivity index (χ1v) is 9.18. The van der Waals surface area contributed by atoms with Gasteiger partial charge in [0.05, 0.1) is 5.69 Å². The summed E-state index contributed by atoms with van der Waals surface area (Å²) in [4.78, 5) is 4.55. The smallest absolute Gasteiger partial charge is 0.128 e. The molecule has 0 atom stereocenters. The van der Waals surface area contributed by atoms with Crippen molar-refractivity contribution in [2.75, 3.05) is 0 Å². The van der Waals surface area contributed by atoms with Crippen molar-refractivity contribution < 1.29 is 5.11 Å². The minimum absolute atomic E-state index is 0.0572. The Morgan fingerprint density at radius 1 is 0.920 bits per heavy atom. The van der Waals surface area contributed by atoms with E-state index in [4.69, 9.17) is 0 Å². The summed E-state index contributed by atoms with van der Waals surface area (Å²) in [6.45, 7) is 13.2. The van der Waals surface area contributed by atoms with E-state index in [-0.39, 0.29) is 10.8 Å². The van der Waals surface area contributed by atoms with Crippen LogP contribution in [0.25, 0.3) is 0 Å². The molecule has 2 nitrogen and oxygen atoms in total. The maximum absolute atomic E-state index is 10.9. The molecule has 0 saturated heterocycles. The molecule has 0 saturated carbocycles. The molecule has 2 aromatic rings. The molecule has 0 amide bonds. The number of phenols is 1. The average molecular weight is 338 g/mol. The molecular weight excluding hydrogens is 306 g/mol. The third-order valence-electron chi connectivity index (χ3n) is 5.53. The number of hydrogen-bond acceptors (Lipinski definition) is 2. The molecule has 0 fully saturated rings. The molecule has 0 aliphatic carbocycles. The van der Waals surface area contributed by atoms with E-state index in [1.165, 1.54) is 5.56 Å². The largest absolute Gasteiger partial charge is 0.507 e. The number of rotatable bonds is 6. The molecule has 0 aliphatic heterocycles. The third kappa shape index (κ3) is 4.31. The first-order valence-electron chi connectivity index (χ1n) is 9.18. The van der Waals surface area contributed by atoms with Gasteiger partial charge in [-0.05, 0) is 47.4 Å². The van der Waals surface area contributed by atoms with Crippen LogP contribution in [-0.4, -0.2) is 11.3 Å². The van der Waals surface area contributed by atoms with Crippen molar-refractivity contribution in [3.8, 4) is 5.75 Å². The maximum Gasteiger partial charge on any atom is 0.128 e. The van der Waals surface area contributed by atoms with Crippen LogP contribution in [0.3, 0.4) is 0 Å². The van der Waals surface area contributed by atoms with Gasteiger partial charge >= 0.3 is 0 Å². The maximum atomic E-state index is 10.9. The lowest BCUT2D eigenvalue weighted by atomic mass is 9.75. The molecule has 0 radical (unpaired) electrons. The first-order chi connectivity index (χ1) is 11.7. The number of para-hydroxylation sites is 1. The molecule has 0 bridgehead atoms. The summed E-state index contributed by atoms with van der Waals surface area (Å²) in [5, 5.41) is 10.9. The fourth-order valence-electron chi connectivity index (χ4n) is 2.71. The summed E-state index contributed by atoms with van der Waals surface area (Å²) >= 11 is 0. The van der Waals surface area contributed by atoms with Gasteiger partial charge in [0.1, 0.15) is 5.75 Å². The van der Waals surface area contributed by atoms with Gasteiger partial charge < -0.3 is 5.11 Å². The summed E-state index contributed by atoms with van der Waals surface area (Å²) in [7, 11) is 0. The molecule has 2 rings (SSSR count). The lowest BCUT2D eigenvalue weighted by Crippen LogP contribution is -2.21. The standard InChI is InChI=1S/C23H31NO/c1-7-22(3,4)18-14-17(16-24-19-12-10-9-11-13-19)21(25)20(15-18)23(5,6)8-2/h9-16,25H,7-8H2,1-6H3/b24-16+. The third-order valence-corrected chi connectivity index (χ3v) is 5.53. The van der Waals surface area contributed by atoms with Gasteiger partial charge in [-0.2, -0.15) is 0 Å². The summed E-state index contributed by atoms with van der Waals surface area (Å²) in [6, 6.07) is 14.1. The van der Waals surface area contributed by atoms with Crippen molar-refractivity contribution in [2.24, 2.45) is 4.99 Å². The molecule has 0 heterocycles. The summed E-state index contributed by atoms with van der Waals surface area (Å²) in [5.41, 5.74) is 3.90. The van der Waals surface area contributed by atoms with Gasteiger partial charge in [-0.15, -0.1) is 0 Å². The highest BCUT2D eigenvalue weighted by atomic mass is 16.3. The van der Waals surface area contributed by atoms with Gasteiger partial charge in [0, 0.05) is 17.3 Å². The Balaban J connectivity index is 2.60. The van der Waals surface area contributed by atoms with Crippen LogP contribution >= 0.6 is 0 Å². The van der Waals surface area contributed by atoms with E-state index in [0.717, 1.165) is 29.7 Å². The normalized spacial score (nSPS) is 12.7. The predicted molar refractivity (Wildman–Crippen MR) is 108 cm³/mol. The lowest BCUT2D eigenvalue weighted by Gasteiger charge is -2.30. The van der Waals surface area contributed by atoms with Gasteiger partial charge in [-0.3, -0.25) is 4.99 Å². The van der Waals surface area contributed by atoms with E-state index in [9.17, 15) is 5.11 Å². The fraction of sp³-hybridized carbons (Fsp3) is 0.435. The Kier molecular flexibility index (Phi) is 5.72. The number of aromatic hydroxyl groups is 1. The molecular formula is C23H31NO. The van der Waals surface area contributed by atoms with Crippen LogP contribution in [0.5, 0.6) is 5.75 Å². The molecule has 2 aromatic carbocycles. The second-order valence-electron chi connectivity index (χ2n) is 8.03. The zero-order chi connectivity index (χ0) is 18.7. The average Bonchev–Trinajstić information content (AvgIpc) is 2.61. The van der Waals surface area contributed by atoms with Crippen LogP contribution < -0.4 is 0 Å². The molecule has 0 spiro atoms. The number of hydrogen-bond donors (Lipinski definition) is 1. The van der Waals surface area contributed by atoms with Crippen molar-refractivity contribution in [1.82, 2.24) is 0 Å². The quantitative estimate of drug-likeness (QED) is 0.598. The van der Waals surface area contributed by atoms with Crippen molar-refractivity contribution >= 4 is 11.9 Å². The predicted octanol–water partition coefficient (Wildman–Crippen LogP) is 6.52. The SMILES string of the molecule is CCC(C)(C)c1cc(/C=N/c2ccccc2)c(O)c(C(C)(C)CC)c1. The number of nitrogens with zero attached hydrogens (tertiary/aromatic N) is 1. The van der Waals surface area contributed by atoms with Crippen LogP contribution in [0.2, 0.25) is 0 Å². The summed E-state index contributed by atoms with van der Waals surface area (Å²) < 4.78 is 0. The minimum atomic E-state index is -0.0841. The topological polar surface area (TPSA) is 32.6 Å². The van der Waals surface area contributed by atoms with Crippen molar-refractivity contribution in [1.29, 1.82) is 0 Å². The van der Waals surface area contributed by atoms with E-state index in [2.05, 4.69) is 58.7 Å². The number of aliphatic imine (C=N–C) groups is 1. The molecule has 25 heavy (non-hydrogen) atoms. The molecule has 1 N–H and O–H groups in total. The Bertz CT molecular complexity index is 742. The lowest BCUT2D eigenvalue weighted by molar-refractivity contribution is 0.424. The van der Waals surface area contributed by atoms with Crippen molar-refractivity contribution in [3.05, 3.63) is 59.2 Å². The van der Waals surface area contributed by atoms with Crippen LogP contribution in [-0.2, 0) is 10.8 Å². The monoisotopic (exact) mass is 337 g/mol. The highest BCUT2D eigenvalue weighted by molar-refractivity contribution is 5.86. The minimum Gasteiger partial charge on any atom is -0.507 e. The van der Waals surface area contributed by atoms with E-state index in [1.807, 2.05) is 30.3 Å². The number of phenolic OH excluding ortho intramolecular Hbond substituents is 1. The van der Waals surface area contributed by atoms with Gasteiger partial charge in [-0.1, -0.05) is 65.8 Å². The Labute approximate surface area is 152 Å². The summed E-state index contributed by atoms with van der Waals surface area (Å²) in [5.74, 6) is 0.349. The highest BCUT2D eigenvalue weighted by Gasteiger charge is 2.27. The number of benzene rings is 2. The van der Waals surface area contributed by atoms with Crippen molar-refractivity contribution in [2.45, 2.75) is 65.2 Å². The Morgan fingerprint density at radius 3 is 2.08 bits per heavy atom. The van der Waals surface area contributed by atoms with Crippen LogP contribution in [0.1, 0.15) is 71.1 Å². The van der Waals surface area contributed by atoms with Gasteiger partial charge in [-0.25, -0.2) is 0 Å². The summed E-state index contributed by atoms with van der Waals surface area (Å²) in [6.07, 6.45) is 3.79.